The Morgan fingerprint density at radius 1 is 1.12 bits per heavy atom. The minimum absolute atomic E-state index is 0.0775. The maximum atomic E-state index is 14.3. The van der Waals surface area contributed by atoms with Gasteiger partial charge in [-0.2, -0.15) is 23.5 Å². The number of hydrogen-bond acceptors (Lipinski definition) is 4. The highest BCUT2D eigenvalue weighted by molar-refractivity contribution is 5.56. The number of likely N-dealkylation sites (tertiary alicyclic amines) is 1. The van der Waals surface area contributed by atoms with E-state index >= 15 is 0 Å². The van der Waals surface area contributed by atoms with Gasteiger partial charge in [0.15, 0.2) is 0 Å². The van der Waals surface area contributed by atoms with Gasteiger partial charge in [-0.3, -0.25) is 19.0 Å². The van der Waals surface area contributed by atoms with Crippen LogP contribution in [-0.4, -0.2) is 37.2 Å². The molecule has 1 aliphatic heterocycles. The van der Waals surface area contributed by atoms with Crippen LogP contribution in [0.5, 0.6) is 0 Å². The van der Waals surface area contributed by atoms with Crippen molar-refractivity contribution in [1.82, 2.24) is 24.1 Å². The minimum Gasteiger partial charge on any atom is -0.299 e. The molecule has 6 rings (SSSR count). The first-order valence-corrected chi connectivity index (χ1v) is 14.7. The molecule has 0 amide bonds. The van der Waals surface area contributed by atoms with Crippen molar-refractivity contribution >= 4 is 5.52 Å². The summed E-state index contributed by atoms with van der Waals surface area (Å²) in [7, 11) is 0. The average molecular weight is 555 g/mol. The van der Waals surface area contributed by atoms with E-state index in [4.69, 9.17) is 0 Å². The first kappa shape index (κ1) is 27.1. The van der Waals surface area contributed by atoms with Crippen molar-refractivity contribution in [2.24, 2.45) is 17.8 Å². The average Bonchev–Trinajstić information content (AvgIpc) is 3.49. The Labute approximate surface area is 232 Å². The van der Waals surface area contributed by atoms with Crippen molar-refractivity contribution in [3.8, 4) is 6.07 Å². The Hall–Kier alpha value is -3.06. The number of piperidine rings is 1. The van der Waals surface area contributed by atoms with Gasteiger partial charge in [-0.15, -0.1) is 0 Å². The monoisotopic (exact) mass is 554 g/mol. The Balaban J connectivity index is 1.33. The van der Waals surface area contributed by atoms with Crippen LogP contribution >= 0.6 is 0 Å². The fraction of sp³-hybridized carbons (Fsp3) is 0.633. The van der Waals surface area contributed by atoms with Gasteiger partial charge in [-0.25, -0.2) is 4.79 Å². The highest BCUT2D eigenvalue weighted by atomic mass is 19.4. The summed E-state index contributed by atoms with van der Waals surface area (Å²) in [4.78, 5) is 15.9. The zero-order valence-corrected chi connectivity index (χ0v) is 23.0. The van der Waals surface area contributed by atoms with Gasteiger partial charge < -0.3 is 0 Å². The van der Waals surface area contributed by atoms with Gasteiger partial charge in [-0.1, -0.05) is 19.8 Å². The third-order valence-electron chi connectivity index (χ3n) is 9.67. The molecule has 0 bridgehead atoms. The standard InChI is InChI=1S/C30H37F3N6O/c1-19-5-4-10-37(15-19)16-20-11-25(30(31,32)33)26-18-38(29(40)39(26)17-20)24-9-3-8-22(12-24)27(21-6-2-7-21)28-23(13-34)14-35-36-28/h11,14,17-19,21-22,24,27H,2-10,12,15-16H2,1H3,(H,35,36)/t19-,22?,24?,27-/m0/s1. The molecule has 2 saturated carbocycles. The van der Waals surface area contributed by atoms with Gasteiger partial charge in [0.2, 0.25) is 0 Å². The molecule has 3 aliphatic rings. The van der Waals surface area contributed by atoms with E-state index in [9.17, 15) is 23.2 Å². The number of hydrogen-bond donors (Lipinski definition) is 1. The molecule has 4 heterocycles. The molecule has 2 unspecified atom stereocenters. The summed E-state index contributed by atoms with van der Waals surface area (Å²) < 4.78 is 45.6. The van der Waals surface area contributed by atoms with E-state index < -0.39 is 17.4 Å². The van der Waals surface area contributed by atoms with Crippen molar-refractivity contribution in [1.29, 1.82) is 5.26 Å². The lowest BCUT2D eigenvalue weighted by molar-refractivity contribution is -0.136. The summed E-state index contributed by atoms with van der Waals surface area (Å²) in [5, 5.41) is 16.9. The first-order chi connectivity index (χ1) is 19.2. The lowest BCUT2D eigenvalue weighted by Gasteiger charge is -2.41. The van der Waals surface area contributed by atoms with E-state index in [2.05, 4.69) is 28.1 Å². The molecule has 0 radical (unpaired) electrons. The van der Waals surface area contributed by atoms with Crippen LogP contribution in [0.25, 0.3) is 5.52 Å². The predicted octanol–water partition coefficient (Wildman–Crippen LogP) is 6.26. The van der Waals surface area contributed by atoms with Crippen LogP contribution in [0, 0.1) is 29.1 Å². The topological polar surface area (TPSA) is 82.1 Å². The molecule has 214 valence electrons. The Morgan fingerprint density at radius 2 is 1.90 bits per heavy atom. The van der Waals surface area contributed by atoms with Gasteiger partial charge in [0.05, 0.1) is 28.5 Å². The molecule has 3 aromatic rings. The number of aromatic amines is 1. The number of halogens is 3. The van der Waals surface area contributed by atoms with Crippen LogP contribution in [0.3, 0.4) is 0 Å². The van der Waals surface area contributed by atoms with Crippen LogP contribution in [-0.2, 0) is 12.7 Å². The van der Waals surface area contributed by atoms with Crippen LogP contribution in [0.1, 0.15) is 99.1 Å². The second-order valence-electron chi connectivity index (χ2n) is 12.4. The number of aromatic nitrogens is 4. The second kappa shape index (κ2) is 10.7. The van der Waals surface area contributed by atoms with Crippen LogP contribution in [0.4, 0.5) is 13.2 Å². The maximum absolute atomic E-state index is 14.3. The molecule has 0 spiro atoms. The Kier molecular flexibility index (Phi) is 7.28. The van der Waals surface area contributed by atoms with Gasteiger partial charge >= 0.3 is 11.9 Å². The second-order valence-corrected chi connectivity index (χ2v) is 12.4. The molecular formula is C30H37F3N6O. The summed E-state index contributed by atoms with van der Waals surface area (Å²) in [5.41, 5.74) is 0.732. The minimum atomic E-state index is -4.56. The molecular weight excluding hydrogens is 517 g/mol. The number of fused-ring (bicyclic) bond motifs is 1. The van der Waals surface area contributed by atoms with Crippen LogP contribution in [0.2, 0.25) is 0 Å². The molecule has 3 aromatic heterocycles. The molecule has 2 aliphatic carbocycles. The number of alkyl halides is 3. The predicted molar refractivity (Wildman–Crippen MR) is 145 cm³/mol. The number of H-pyrrole nitrogens is 1. The molecule has 4 atom stereocenters. The van der Waals surface area contributed by atoms with Crippen LogP contribution < -0.4 is 5.69 Å². The molecule has 7 nitrogen and oxygen atoms in total. The fourth-order valence-corrected chi connectivity index (χ4v) is 7.60. The summed E-state index contributed by atoms with van der Waals surface area (Å²) in [6.07, 6.45) is 8.88. The van der Waals surface area contributed by atoms with Gasteiger partial charge in [0.1, 0.15) is 6.07 Å². The van der Waals surface area contributed by atoms with Crippen molar-refractivity contribution in [2.75, 3.05) is 13.1 Å². The van der Waals surface area contributed by atoms with Crippen molar-refractivity contribution in [3.05, 3.63) is 57.5 Å². The molecule has 1 saturated heterocycles. The zero-order valence-electron chi connectivity index (χ0n) is 23.0. The van der Waals surface area contributed by atoms with Crippen molar-refractivity contribution in [3.63, 3.8) is 0 Å². The summed E-state index contributed by atoms with van der Waals surface area (Å²) in [5.74, 6) is 1.34. The number of nitrogens with one attached hydrogen (secondary N) is 1. The zero-order chi connectivity index (χ0) is 28.0. The number of pyridine rings is 1. The number of nitriles is 1. The quantitative estimate of drug-likeness (QED) is 0.390. The first-order valence-electron chi connectivity index (χ1n) is 14.7. The number of imidazole rings is 1. The smallest absolute Gasteiger partial charge is 0.299 e. The fourth-order valence-electron chi connectivity index (χ4n) is 7.60. The molecule has 40 heavy (non-hydrogen) atoms. The van der Waals surface area contributed by atoms with E-state index in [1.165, 1.54) is 16.7 Å². The third-order valence-corrected chi connectivity index (χ3v) is 9.67. The van der Waals surface area contributed by atoms with E-state index in [-0.39, 0.29) is 23.4 Å². The normalized spacial score (nSPS) is 25.5. The maximum Gasteiger partial charge on any atom is 0.418 e. The Bertz CT molecular complexity index is 1460. The van der Waals surface area contributed by atoms with E-state index in [0.29, 0.717) is 35.9 Å². The van der Waals surface area contributed by atoms with Gasteiger partial charge in [0, 0.05) is 37.4 Å². The lowest BCUT2D eigenvalue weighted by Crippen LogP contribution is -2.34. The summed E-state index contributed by atoms with van der Waals surface area (Å²) >= 11 is 0. The SMILES string of the molecule is C[C@H]1CCCN(Cc2cc(C(F)(F)F)c3cn(C4CCCC([C@@H](c5[nH]ncc5C#N)C5CCC5)C4)c(=O)n3c2)C1. The summed E-state index contributed by atoms with van der Waals surface area (Å²) in [6, 6.07) is 3.31. The Morgan fingerprint density at radius 3 is 2.60 bits per heavy atom. The highest BCUT2D eigenvalue weighted by Crippen LogP contribution is 2.49. The molecule has 3 fully saturated rings. The van der Waals surface area contributed by atoms with Crippen molar-refractivity contribution < 1.29 is 13.2 Å². The number of nitrogens with zero attached hydrogens (tertiary/aromatic N) is 5. The van der Waals surface area contributed by atoms with Gasteiger partial charge in [0.25, 0.3) is 0 Å². The molecule has 10 heteroatoms. The largest absolute Gasteiger partial charge is 0.418 e. The van der Waals surface area contributed by atoms with E-state index in [1.54, 1.807) is 17.0 Å². The van der Waals surface area contributed by atoms with E-state index in [0.717, 1.165) is 70.2 Å². The van der Waals surface area contributed by atoms with Crippen molar-refractivity contribution in [2.45, 2.75) is 89.4 Å². The highest BCUT2D eigenvalue weighted by Gasteiger charge is 2.40. The molecule has 0 aromatic carbocycles. The van der Waals surface area contributed by atoms with E-state index in [1.807, 2.05) is 0 Å². The third kappa shape index (κ3) is 5.09. The molecule has 1 N–H and O–H groups in total. The number of rotatable bonds is 6. The summed E-state index contributed by atoms with van der Waals surface area (Å²) in [6.45, 7) is 4.28. The lowest BCUT2D eigenvalue weighted by atomic mass is 9.64. The van der Waals surface area contributed by atoms with Crippen LogP contribution in [0.15, 0.2) is 29.5 Å². The van der Waals surface area contributed by atoms with Gasteiger partial charge in [-0.05, 0) is 80.9 Å².